The number of carbonyl (C=O) groups is 1. The molecule has 1 aliphatic heterocycles. The summed E-state index contributed by atoms with van der Waals surface area (Å²) in [6.07, 6.45) is 1.08. The molecule has 0 unspecified atom stereocenters. The Bertz CT molecular complexity index is 1520. The van der Waals surface area contributed by atoms with Crippen LogP contribution in [-0.4, -0.2) is 56.1 Å². The number of benzene rings is 4. The van der Waals surface area contributed by atoms with Crippen molar-refractivity contribution in [3.8, 4) is 0 Å². The monoisotopic (exact) mass is 631 g/mol. The summed E-state index contributed by atoms with van der Waals surface area (Å²) in [6.45, 7) is 4.98. The van der Waals surface area contributed by atoms with Crippen LogP contribution < -0.4 is 5.32 Å². The van der Waals surface area contributed by atoms with Gasteiger partial charge in [-0.3, -0.25) is 4.90 Å². The predicted octanol–water partition coefficient (Wildman–Crippen LogP) is 6.74. The zero-order valence-electron chi connectivity index (χ0n) is 25.0. The molecule has 1 atom stereocenters. The van der Waals surface area contributed by atoms with Crippen molar-refractivity contribution in [3.63, 3.8) is 0 Å². The molecule has 1 heterocycles. The first kappa shape index (κ1) is 33.1. The van der Waals surface area contributed by atoms with Gasteiger partial charge in [0.25, 0.3) is 0 Å². The molecule has 9 heteroatoms. The average molecular weight is 632 g/mol. The fourth-order valence-electron chi connectivity index (χ4n) is 5.37. The Kier molecular flexibility index (Phi) is 11.9. The molecular formula is C35H41N3O4S2. The largest absolute Gasteiger partial charge is 0.448 e. The van der Waals surface area contributed by atoms with Gasteiger partial charge < -0.3 is 15.0 Å². The van der Waals surface area contributed by atoms with Gasteiger partial charge in [-0.2, -0.15) is 13.5 Å². The van der Waals surface area contributed by atoms with Gasteiger partial charge in [-0.25, -0.2) is 13.2 Å². The number of likely N-dealkylation sites (tertiary alicyclic amines) is 1. The summed E-state index contributed by atoms with van der Waals surface area (Å²) in [5.74, 6) is 0. The third-order valence-electron chi connectivity index (χ3n) is 7.87. The fourth-order valence-corrected chi connectivity index (χ4v) is 6.81. The number of rotatable bonds is 11. The third-order valence-corrected chi connectivity index (χ3v) is 9.70. The van der Waals surface area contributed by atoms with Crippen LogP contribution in [0.5, 0.6) is 0 Å². The van der Waals surface area contributed by atoms with Crippen molar-refractivity contribution in [2.24, 2.45) is 0 Å². The van der Waals surface area contributed by atoms with E-state index in [9.17, 15) is 13.2 Å². The molecule has 7 nitrogen and oxygen atoms in total. The number of amides is 1. The molecule has 1 aliphatic rings. The van der Waals surface area contributed by atoms with Crippen LogP contribution in [-0.2, 0) is 27.7 Å². The molecule has 1 saturated heterocycles. The fraction of sp³-hybridized carbons (Fsp3) is 0.286. The number of nitrogens with one attached hydrogen (secondary N) is 1. The topological polar surface area (TPSA) is 79.0 Å². The third kappa shape index (κ3) is 8.65. The summed E-state index contributed by atoms with van der Waals surface area (Å²) in [5.41, 5.74) is 3.01. The SMILES string of the molecule is C[C@@H](COC(=O)N1CCC(Nc2ccccc2S(=O)(=O)c2ccccc2)CC1)N(Cc1ccccc1)Cc1ccccc1.S. The van der Waals surface area contributed by atoms with E-state index in [4.69, 9.17) is 4.74 Å². The highest BCUT2D eigenvalue weighted by molar-refractivity contribution is 7.91. The second-order valence-corrected chi connectivity index (χ2v) is 12.9. The molecule has 44 heavy (non-hydrogen) atoms. The van der Waals surface area contributed by atoms with E-state index in [0.29, 0.717) is 38.2 Å². The van der Waals surface area contributed by atoms with Gasteiger partial charge in [0.2, 0.25) is 9.84 Å². The molecule has 0 spiro atoms. The minimum Gasteiger partial charge on any atom is -0.448 e. The van der Waals surface area contributed by atoms with Gasteiger partial charge in [0.1, 0.15) is 6.61 Å². The second kappa shape index (κ2) is 15.8. The van der Waals surface area contributed by atoms with Gasteiger partial charge in [0.15, 0.2) is 0 Å². The number of anilines is 1. The number of nitrogens with zero attached hydrogens (tertiary/aromatic N) is 2. The molecule has 0 saturated carbocycles. The Balaban J connectivity index is 0.00000442. The molecule has 5 rings (SSSR count). The zero-order chi connectivity index (χ0) is 30.1. The van der Waals surface area contributed by atoms with Crippen molar-refractivity contribution < 1.29 is 17.9 Å². The molecule has 1 N–H and O–H groups in total. The first-order valence-electron chi connectivity index (χ1n) is 14.8. The molecule has 1 fully saturated rings. The van der Waals surface area contributed by atoms with Crippen LogP contribution in [0.1, 0.15) is 30.9 Å². The Hall–Kier alpha value is -3.79. The summed E-state index contributed by atoms with van der Waals surface area (Å²) in [5, 5.41) is 3.43. The molecule has 4 aromatic carbocycles. The molecule has 0 aliphatic carbocycles. The number of hydrogen-bond donors (Lipinski definition) is 1. The van der Waals surface area contributed by atoms with Crippen LogP contribution in [0.25, 0.3) is 0 Å². The Morgan fingerprint density at radius 2 is 1.32 bits per heavy atom. The maximum absolute atomic E-state index is 13.3. The first-order chi connectivity index (χ1) is 20.9. The number of hydrogen-bond acceptors (Lipinski definition) is 6. The maximum atomic E-state index is 13.3. The van der Waals surface area contributed by atoms with Gasteiger partial charge in [0, 0.05) is 38.3 Å². The van der Waals surface area contributed by atoms with E-state index in [-0.39, 0.29) is 41.5 Å². The van der Waals surface area contributed by atoms with Gasteiger partial charge >= 0.3 is 6.09 Å². The summed E-state index contributed by atoms with van der Waals surface area (Å²) < 4.78 is 32.4. The smallest absolute Gasteiger partial charge is 0.409 e. The summed E-state index contributed by atoms with van der Waals surface area (Å²) in [6, 6.07) is 36.2. The zero-order valence-corrected chi connectivity index (χ0v) is 26.8. The standard InChI is InChI=1S/C35H39N3O4S.H2S/c1-28(38(25-29-13-5-2-6-14-29)26-30-15-7-3-8-16-30)27-42-35(39)37-23-21-31(22-24-37)36-33-19-11-12-20-34(33)43(40,41)32-17-9-4-10-18-32;/h2-20,28,31,36H,21-27H2,1H3;1H2/t28-;/m0./s1. The normalized spacial score (nSPS) is 14.5. The Morgan fingerprint density at radius 3 is 1.89 bits per heavy atom. The quantitative estimate of drug-likeness (QED) is 0.198. The highest BCUT2D eigenvalue weighted by Crippen LogP contribution is 2.29. The van der Waals surface area contributed by atoms with Crippen molar-refractivity contribution in [1.82, 2.24) is 9.80 Å². The Morgan fingerprint density at radius 1 is 0.818 bits per heavy atom. The minimum absolute atomic E-state index is 0. The van der Waals surface area contributed by atoms with Crippen LogP contribution >= 0.6 is 13.5 Å². The van der Waals surface area contributed by atoms with Gasteiger partial charge in [-0.05, 0) is 55.2 Å². The minimum atomic E-state index is -3.66. The first-order valence-corrected chi connectivity index (χ1v) is 16.3. The lowest BCUT2D eigenvalue weighted by molar-refractivity contribution is 0.0595. The van der Waals surface area contributed by atoms with E-state index >= 15 is 0 Å². The van der Waals surface area contributed by atoms with Crippen molar-refractivity contribution in [2.45, 2.75) is 54.7 Å². The average Bonchev–Trinajstić information content (AvgIpc) is 3.05. The van der Waals surface area contributed by atoms with Crippen LogP contribution in [0.4, 0.5) is 10.5 Å². The van der Waals surface area contributed by atoms with Gasteiger partial charge in [0.05, 0.1) is 15.5 Å². The van der Waals surface area contributed by atoms with E-state index < -0.39 is 9.84 Å². The lowest BCUT2D eigenvalue weighted by Crippen LogP contribution is -2.44. The Labute approximate surface area is 268 Å². The highest BCUT2D eigenvalue weighted by atomic mass is 32.2. The second-order valence-electron chi connectivity index (χ2n) is 11.0. The number of para-hydroxylation sites is 1. The van der Waals surface area contributed by atoms with E-state index in [0.717, 1.165) is 13.1 Å². The molecule has 1 amide bonds. The van der Waals surface area contributed by atoms with Gasteiger partial charge in [-0.1, -0.05) is 91.0 Å². The molecule has 4 aromatic rings. The van der Waals surface area contributed by atoms with Crippen molar-refractivity contribution >= 4 is 35.1 Å². The van der Waals surface area contributed by atoms with Crippen LogP contribution in [0.2, 0.25) is 0 Å². The lowest BCUT2D eigenvalue weighted by atomic mass is 10.1. The highest BCUT2D eigenvalue weighted by Gasteiger charge is 2.27. The van der Waals surface area contributed by atoms with E-state index in [1.807, 2.05) is 42.5 Å². The van der Waals surface area contributed by atoms with E-state index in [1.165, 1.54) is 11.1 Å². The van der Waals surface area contributed by atoms with Crippen LogP contribution in [0.15, 0.2) is 125 Å². The molecule has 0 aromatic heterocycles. The van der Waals surface area contributed by atoms with E-state index in [2.05, 4.69) is 41.4 Å². The van der Waals surface area contributed by atoms with Crippen LogP contribution in [0.3, 0.4) is 0 Å². The number of sulfone groups is 1. The number of ether oxygens (including phenoxy) is 1. The van der Waals surface area contributed by atoms with Crippen molar-refractivity contribution in [3.05, 3.63) is 126 Å². The molecule has 0 bridgehead atoms. The van der Waals surface area contributed by atoms with E-state index in [1.54, 1.807) is 53.4 Å². The number of piperidine rings is 1. The van der Waals surface area contributed by atoms with Crippen molar-refractivity contribution in [2.75, 3.05) is 25.0 Å². The van der Waals surface area contributed by atoms with Gasteiger partial charge in [-0.15, -0.1) is 0 Å². The molecule has 0 radical (unpaired) electrons. The summed E-state index contributed by atoms with van der Waals surface area (Å²) in [4.78, 5) is 17.6. The molecular weight excluding hydrogens is 591 g/mol. The summed E-state index contributed by atoms with van der Waals surface area (Å²) in [7, 11) is -3.66. The number of carbonyl (C=O) groups excluding carboxylic acids is 1. The van der Waals surface area contributed by atoms with Crippen LogP contribution in [0, 0.1) is 0 Å². The summed E-state index contributed by atoms with van der Waals surface area (Å²) >= 11 is 0. The van der Waals surface area contributed by atoms with Crippen molar-refractivity contribution in [1.29, 1.82) is 0 Å². The lowest BCUT2D eigenvalue weighted by Gasteiger charge is -2.34. The molecule has 232 valence electrons. The predicted molar refractivity (Wildman–Crippen MR) is 180 cm³/mol. The maximum Gasteiger partial charge on any atom is 0.409 e.